The van der Waals surface area contributed by atoms with Crippen LogP contribution in [0.3, 0.4) is 0 Å². The molecule has 0 aromatic heterocycles. The molecule has 0 unspecified atom stereocenters. The van der Waals surface area contributed by atoms with Crippen molar-refractivity contribution in [3.05, 3.63) is 71.6 Å². The van der Waals surface area contributed by atoms with Crippen molar-refractivity contribution in [3.63, 3.8) is 0 Å². The predicted octanol–water partition coefficient (Wildman–Crippen LogP) is 3.01. The Balaban J connectivity index is 2.02. The zero-order valence-corrected chi connectivity index (χ0v) is 13.3. The molecular formula is C19H16FN3O2. The number of halogens is 1. The standard InChI is InChI=1S/C19H16FN3O2/c20-16-7-3-1-5-14(16)9-10-19(25)23-17-8-4-2-6-15(17)13-22-18(24)11-12-21/h1-10H,11,13H2,(H,22,24)(H,23,25)/b10-9+. The molecule has 0 aliphatic heterocycles. The summed E-state index contributed by atoms with van der Waals surface area (Å²) in [7, 11) is 0. The fourth-order valence-corrected chi connectivity index (χ4v) is 2.07. The number of anilines is 1. The number of hydrogen-bond donors (Lipinski definition) is 2. The summed E-state index contributed by atoms with van der Waals surface area (Å²) in [4.78, 5) is 23.4. The summed E-state index contributed by atoms with van der Waals surface area (Å²) < 4.78 is 13.5. The SMILES string of the molecule is N#CCC(=O)NCc1ccccc1NC(=O)/C=C/c1ccccc1F. The number of hydrogen-bond acceptors (Lipinski definition) is 3. The van der Waals surface area contributed by atoms with Crippen LogP contribution in [0.5, 0.6) is 0 Å². The number of carbonyl (C=O) groups is 2. The second-order valence-electron chi connectivity index (χ2n) is 5.11. The Morgan fingerprint density at radius 1 is 1.12 bits per heavy atom. The van der Waals surface area contributed by atoms with Crippen LogP contribution in [0.4, 0.5) is 10.1 Å². The first-order valence-corrected chi connectivity index (χ1v) is 7.55. The van der Waals surface area contributed by atoms with Crippen molar-refractivity contribution >= 4 is 23.6 Å². The largest absolute Gasteiger partial charge is 0.351 e. The quantitative estimate of drug-likeness (QED) is 0.795. The maximum atomic E-state index is 13.5. The number of para-hydroxylation sites is 1. The molecule has 0 bridgehead atoms. The van der Waals surface area contributed by atoms with Crippen molar-refractivity contribution < 1.29 is 14.0 Å². The van der Waals surface area contributed by atoms with E-state index in [0.717, 1.165) is 0 Å². The summed E-state index contributed by atoms with van der Waals surface area (Å²) in [5.41, 5.74) is 1.54. The molecule has 0 aliphatic carbocycles. The summed E-state index contributed by atoms with van der Waals surface area (Å²) in [6.45, 7) is 0.188. The minimum absolute atomic E-state index is 0.188. The molecule has 126 valence electrons. The van der Waals surface area contributed by atoms with Crippen LogP contribution in [0.2, 0.25) is 0 Å². The number of rotatable bonds is 6. The number of nitrogens with zero attached hydrogens (tertiary/aromatic N) is 1. The highest BCUT2D eigenvalue weighted by Crippen LogP contribution is 2.15. The molecule has 0 fully saturated rings. The lowest BCUT2D eigenvalue weighted by molar-refractivity contribution is -0.120. The fraction of sp³-hybridized carbons (Fsp3) is 0.105. The molecule has 2 N–H and O–H groups in total. The number of carbonyl (C=O) groups excluding carboxylic acids is 2. The summed E-state index contributed by atoms with van der Waals surface area (Å²) >= 11 is 0. The summed E-state index contributed by atoms with van der Waals surface area (Å²) in [5, 5.41) is 13.8. The van der Waals surface area contributed by atoms with Crippen LogP contribution < -0.4 is 10.6 Å². The smallest absolute Gasteiger partial charge is 0.248 e. The van der Waals surface area contributed by atoms with E-state index in [1.807, 2.05) is 0 Å². The number of nitrogens with one attached hydrogen (secondary N) is 2. The molecule has 0 spiro atoms. The van der Waals surface area contributed by atoms with E-state index in [9.17, 15) is 14.0 Å². The number of amides is 2. The lowest BCUT2D eigenvalue weighted by atomic mass is 10.1. The van der Waals surface area contributed by atoms with Gasteiger partial charge in [-0.05, 0) is 23.8 Å². The molecule has 2 amide bonds. The fourth-order valence-electron chi connectivity index (χ4n) is 2.07. The maximum absolute atomic E-state index is 13.5. The Kier molecular flexibility index (Phi) is 6.43. The van der Waals surface area contributed by atoms with Gasteiger partial charge in [0.2, 0.25) is 11.8 Å². The van der Waals surface area contributed by atoms with E-state index in [1.54, 1.807) is 48.5 Å². The summed E-state index contributed by atoms with van der Waals surface area (Å²) in [5.74, 6) is -1.21. The van der Waals surface area contributed by atoms with Gasteiger partial charge in [0.1, 0.15) is 12.2 Å². The van der Waals surface area contributed by atoms with E-state index in [2.05, 4.69) is 10.6 Å². The first kappa shape index (κ1) is 17.9. The summed E-state index contributed by atoms with van der Waals surface area (Å²) in [6.07, 6.45) is 2.41. The molecule has 2 aromatic carbocycles. The zero-order chi connectivity index (χ0) is 18.1. The highest BCUT2D eigenvalue weighted by Gasteiger charge is 2.06. The molecular weight excluding hydrogens is 321 g/mol. The molecule has 25 heavy (non-hydrogen) atoms. The zero-order valence-electron chi connectivity index (χ0n) is 13.3. The Bertz CT molecular complexity index is 841. The van der Waals surface area contributed by atoms with Crippen molar-refractivity contribution in [2.75, 3.05) is 5.32 Å². The van der Waals surface area contributed by atoms with Gasteiger partial charge in [0.15, 0.2) is 0 Å². The van der Waals surface area contributed by atoms with Crippen molar-refractivity contribution in [3.8, 4) is 6.07 Å². The van der Waals surface area contributed by atoms with Gasteiger partial charge in [-0.2, -0.15) is 5.26 Å². The minimum Gasteiger partial charge on any atom is -0.351 e. The van der Waals surface area contributed by atoms with E-state index in [4.69, 9.17) is 5.26 Å². The van der Waals surface area contributed by atoms with Crippen LogP contribution in [0.15, 0.2) is 54.6 Å². The van der Waals surface area contributed by atoms with Gasteiger partial charge in [-0.25, -0.2) is 4.39 Å². The molecule has 5 nitrogen and oxygen atoms in total. The Labute approximate surface area is 144 Å². The first-order chi connectivity index (χ1) is 12.1. The molecule has 0 radical (unpaired) electrons. The van der Waals surface area contributed by atoms with E-state index in [0.29, 0.717) is 16.8 Å². The number of benzene rings is 2. The summed E-state index contributed by atoms with van der Waals surface area (Å²) in [6, 6.07) is 14.9. The van der Waals surface area contributed by atoms with Crippen LogP contribution >= 0.6 is 0 Å². The third-order valence-electron chi connectivity index (χ3n) is 3.31. The number of nitriles is 1. The third-order valence-corrected chi connectivity index (χ3v) is 3.31. The van der Waals surface area contributed by atoms with E-state index in [1.165, 1.54) is 18.2 Å². The van der Waals surface area contributed by atoms with Crippen LogP contribution in [-0.2, 0) is 16.1 Å². The molecule has 2 rings (SSSR count). The van der Waals surface area contributed by atoms with Crippen molar-refractivity contribution in [2.45, 2.75) is 13.0 Å². The highest BCUT2D eigenvalue weighted by atomic mass is 19.1. The van der Waals surface area contributed by atoms with Gasteiger partial charge >= 0.3 is 0 Å². The van der Waals surface area contributed by atoms with Gasteiger partial charge in [0, 0.05) is 23.9 Å². The normalized spacial score (nSPS) is 10.2. The maximum Gasteiger partial charge on any atom is 0.248 e. The molecule has 0 saturated carbocycles. The van der Waals surface area contributed by atoms with Gasteiger partial charge < -0.3 is 10.6 Å². The van der Waals surface area contributed by atoms with Crippen LogP contribution in [0.25, 0.3) is 6.08 Å². The molecule has 6 heteroatoms. The second kappa shape index (κ2) is 8.99. The Morgan fingerprint density at radius 3 is 2.60 bits per heavy atom. The van der Waals surface area contributed by atoms with Crippen LogP contribution in [0, 0.1) is 17.1 Å². The van der Waals surface area contributed by atoms with Gasteiger partial charge in [0.05, 0.1) is 6.07 Å². The molecule has 0 atom stereocenters. The second-order valence-corrected chi connectivity index (χ2v) is 5.11. The van der Waals surface area contributed by atoms with Crippen molar-refractivity contribution in [2.24, 2.45) is 0 Å². The third kappa shape index (κ3) is 5.59. The van der Waals surface area contributed by atoms with Crippen LogP contribution in [0.1, 0.15) is 17.5 Å². The van der Waals surface area contributed by atoms with Gasteiger partial charge in [0.25, 0.3) is 0 Å². The lowest BCUT2D eigenvalue weighted by Gasteiger charge is -2.10. The highest BCUT2D eigenvalue weighted by molar-refractivity contribution is 6.02. The molecule has 0 aliphatic rings. The van der Waals surface area contributed by atoms with Gasteiger partial charge in [-0.1, -0.05) is 36.4 Å². The van der Waals surface area contributed by atoms with E-state index in [-0.39, 0.29) is 18.9 Å². The van der Waals surface area contributed by atoms with Gasteiger partial charge in [-0.15, -0.1) is 0 Å². The van der Waals surface area contributed by atoms with Gasteiger partial charge in [-0.3, -0.25) is 9.59 Å². The van der Waals surface area contributed by atoms with Crippen molar-refractivity contribution in [1.82, 2.24) is 5.32 Å². The minimum atomic E-state index is -0.418. The monoisotopic (exact) mass is 337 g/mol. The van der Waals surface area contributed by atoms with Crippen LogP contribution in [-0.4, -0.2) is 11.8 Å². The average Bonchev–Trinajstić information content (AvgIpc) is 2.60. The Morgan fingerprint density at radius 2 is 1.84 bits per heavy atom. The van der Waals surface area contributed by atoms with E-state index < -0.39 is 11.7 Å². The molecule has 2 aromatic rings. The lowest BCUT2D eigenvalue weighted by Crippen LogP contribution is -2.22. The van der Waals surface area contributed by atoms with E-state index >= 15 is 0 Å². The predicted molar refractivity (Wildman–Crippen MR) is 92.6 cm³/mol. The first-order valence-electron chi connectivity index (χ1n) is 7.55. The molecule has 0 saturated heterocycles. The molecule has 0 heterocycles. The Hall–Kier alpha value is -3.46. The average molecular weight is 337 g/mol. The van der Waals surface area contributed by atoms with Crippen molar-refractivity contribution in [1.29, 1.82) is 5.26 Å². The topological polar surface area (TPSA) is 82.0 Å².